The molecule has 2 N–H and O–H groups in total. The first-order chi connectivity index (χ1) is 11.3. The lowest BCUT2D eigenvalue weighted by Gasteiger charge is -2.32. The number of hydrogen-bond acceptors (Lipinski definition) is 3. The predicted molar refractivity (Wildman–Crippen MR) is 77.3 cm³/mol. The van der Waals surface area contributed by atoms with E-state index in [1.165, 1.54) is 10.9 Å². The average Bonchev–Trinajstić information content (AvgIpc) is 3.01. The van der Waals surface area contributed by atoms with Crippen molar-refractivity contribution in [3.05, 3.63) is 18.0 Å². The maximum absolute atomic E-state index is 12.6. The third-order valence-corrected chi connectivity index (χ3v) is 3.87. The molecule has 2 amide bonds. The zero-order valence-electron chi connectivity index (χ0n) is 12.9. The maximum atomic E-state index is 12.6. The molecule has 0 radical (unpaired) electrons. The van der Waals surface area contributed by atoms with Crippen LogP contribution in [-0.4, -0.2) is 51.4 Å². The van der Waals surface area contributed by atoms with Gasteiger partial charge in [0.2, 0.25) is 0 Å². The summed E-state index contributed by atoms with van der Waals surface area (Å²) >= 11 is 0. The lowest BCUT2D eigenvalue weighted by Crippen LogP contribution is -2.45. The van der Waals surface area contributed by atoms with Crippen molar-refractivity contribution in [3.63, 3.8) is 0 Å². The molecule has 2 rings (SSSR count). The third kappa shape index (κ3) is 4.87. The normalized spacial score (nSPS) is 16.2. The van der Waals surface area contributed by atoms with Gasteiger partial charge in [0.1, 0.15) is 0 Å². The van der Waals surface area contributed by atoms with Crippen molar-refractivity contribution in [1.29, 1.82) is 0 Å². The van der Waals surface area contributed by atoms with E-state index in [4.69, 9.17) is 5.11 Å². The second-order valence-corrected chi connectivity index (χ2v) is 5.63. The van der Waals surface area contributed by atoms with E-state index in [0.29, 0.717) is 32.4 Å². The maximum Gasteiger partial charge on any atom is 0.435 e. The van der Waals surface area contributed by atoms with Crippen molar-refractivity contribution < 1.29 is 27.9 Å². The van der Waals surface area contributed by atoms with Gasteiger partial charge in [0.15, 0.2) is 5.69 Å². The fourth-order valence-electron chi connectivity index (χ4n) is 2.57. The second kappa shape index (κ2) is 7.54. The zero-order chi connectivity index (χ0) is 17.7. The van der Waals surface area contributed by atoms with Gasteiger partial charge in [-0.05, 0) is 25.3 Å². The molecule has 0 saturated carbocycles. The van der Waals surface area contributed by atoms with Crippen molar-refractivity contribution in [2.75, 3.05) is 19.6 Å². The van der Waals surface area contributed by atoms with Gasteiger partial charge in [0.25, 0.3) is 0 Å². The largest absolute Gasteiger partial charge is 0.481 e. The topological polar surface area (TPSA) is 87.5 Å². The number of carbonyl (C=O) groups excluding carboxylic acids is 1. The van der Waals surface area contributed by atoms with E-state index in [-0.39, 0.29) is 25.0 Å². The Morgan fingerprint density at radius 3 is 2.54 bits per heavy atom. The van der Waals surface area contributed by atoms with Gasteiger partial charge in [-0.15, -0.1) is 0 Å². The van der Waals surface area contributed by atoms with Crippen molar-refractivity contribution >= 4 is 12.0 Å². The molecule has 0 atom stereocenters. The Kier molecular flexibility index (Phi) is 5.68. The quantitative estimate of drug-likeness (QED) is 0.798. The van der Waals surface area contributed by atoms with Gasteiger partial charge in [-0.1, -0.05) is 0 Å². The molecule has 1 aliphatic heterocycles. The third-order valence-electron chi connectivity index (χ3n) is 3.87. The Morgan fingerprint density at radius 1 is 1.33 bits per heavy atom. The Morgan fingerprint density at radius 2 is 2.00 bits per heavy atom. The number of carboxylic acids is 1. The number of urea groups is 1. The van der Waals surface area contributed by atoms with E-state index in [0.717, 1.165) is 6.07 Å². The highest BCUT2D eigenvalue weighted by molar-refractivity contribution is 5.74. The number of rotatable bonds is 5. The van der Waals surface area contributed by atoms with Crippen LogP contribution in [0.25, 0.3) is 0 Å². The molecule has 1 aromatic rings. The first-order valence-corrected chi connectivity index (χ1v) is 7.64. The fourth-order valence-corrected chi connectivity index (χ4v) is 2.57. The van der Waals surface area contributed by atoms with Crippen molar-refractivity contribution in [3.8, 4) is 0 Å². The first kappa shape index (κ1) is 18.1. The highest BCUT2D eigenvalue weighted by Gasteiger charge is 2.34. The van der Waals surface area contributed by atoms with Crippen molar-refractivity contribution in [1.82, 2.24) is 20.0 Å². The Balaban J connectivity index is 1.77. The average molecular weight is 348 g/mol. The van der Waals surface area contributed by atoms with Crippen LogP contribution in [0.2, 0.25) is 0 Å². The molecule has 10 heteroatoms. The number of amides is 2. The van der Waals surface area contributed by atoms with Crippen molar-refractivity contribution in [2.45, 2.75) is 37.9 Å². The Bertz CT molecular complexity index is 580. The van der Waals surface area contributed by atoms with Crippen LogP contribution in [0.1, 0.15) is 37.4 Å². The smallest absolute Gasteiger partial charge is 0.435 e. The van der Waals surface area contributed by atoms with Gasteiger partial charge < -0.3 is 15.3 Å². The van der Waals surface area contributed by atoms with E-state index < -0.39 is 17.8 Å². The molecule has 1 fully saturated rings. The molecule has 0 aliphatic carbocycles. The van der Waals surface area contributed by atoms with Crippen LogP contribution in [0.15, 0.2) is 12.3 Å². The number of alkyl halides is 3. The van der Waals surface area contributed by atoms with E-state index in [2.05, 4.69) is 10.4 Å². The molecular weight excluding hydrogens is 329 g/mol. The standard InChI is InChI=1S/C14H19F3N4O3/c15-14(16,17)11-5-9-21(19-11)10-3-7-20(8-4-10)13(24)18-6-1-2-12(22)23/h5,9-10H,1-4,6-8H2,(H,18,24)(H,22,23). The van der Waals surface area contributed by atoms with Gasteiger partial charge in [0.05, 0.1) is 6.04 Å². The summed E-state index contributed by atoms with van der Waals surface area (Å²) in [6.07, 6.45) is -1.77. The SMILES string of the molecule is O=C(O)CCCNC(=O)N1CCC(n2ccc(C(F)(F)F)n2)CC1. The van der Waals surface area contributed by atoms with Crippen LogP contribution in [0.5, 0.6) is 0 Å². The zero-order valence-corrected chi connectivity index (χ0v) is 12.9. The first-order valence-electron chi connectivity index (χ1n) is 7.64. The van der Waals surface area contributed by atoms with Crippen LogP contribution in [0.3, 0.4) is 0 Å². The molecule has 0 unspecified atom stereocenters. The summed E-state index contributed by atoms with van der Waals surface area (Å²) in [7, 11) is 0. The predicted octanol–water partition coefficient (Wildman–Crippen LogP) is 2.11. The van der Waals surface area contributed by atoms with Gasteiger partial charge in [-0.2, -0.15) is 18.3 Å². The highest BCUT2D eigenvalue weighted by Crippen LogP contribution is 2.29. The minimum Gasteiger partial charge on any atom is -0.481 e. The number of aliphatic carboxylic acids is 1. The van der Waals surface area contributed by atoms with Gasteiger partial charge in [-0.25, -0.2) is 4.79 Å². The van der Waals surface area contributed by atoms with Crippen LogP contribution in [0, 0.1) is 0 Å². The summed E-state index contributed by atoms with van der Waals surface area (Å²) in [6.45, 7) is 1.10. The molecule has 2 heterocycles. The Labute approximate surface area is 136 Å². The lowest BCUT2D eigenvalue weighted by molar-refractivity contribution is -0.141. The number of carboxylic acid groups (broad SMARTS) is 1. The summed E-state index contributed by atoms with van der Waals surface area (Å²) in [5, 5.41) is 14.7. The fraction of sp³-hybridized carbons (Fsp3) is 0.643. The minimum absolute atomic E-state index is 0.0107. The highest BCUT2D eigenvalue weighted by atomic mass is 19.4. The lowest BCUT2D eigenvalue weighted by atomic mass is 10.1. The number of aromatic nitrogens is 2. The molecule has 0 bridgehead atoms. The van der Waals surface area contributed by atoms with E-state index in [1.807, 2.05) is 0 Å². The monoisotopic (exact) mass is 348 g/mol. The van der Waals surface area contributed by atoms with E-state index in [1.54, 1.807) is 4.90 Å². The number of hydrogen-bond donors (Lipinski definition) is 2. The van der Waals surface area contributed by atoms with Crippen LogP contribution < -0.4 is 5.32 Å². The molecule has 24 heavy (non-hydrogen) atoms. The number of piperidine rings is 1. The summed E-state index contributed by atoms with van der Waals surface area (Å²) in [6, 6.07) is 0.495. The van der Waals surface area contributed by atoms with Crippen LogP contribution >= 0.6 is 0 Å². The summed E-state index contributed by atoms with van der Waals surface area (Å²) in [5.41, 5.74) is -0.916. The molecule has 0 spiro atoms. The molecule has 1 saturated heterocycles. The van der Waals surface area contributed by atoms with Crippen LogP contribution in [0.4, 0.5) is 18.0 Å². The number of halogens is 3. The van der Waals surface area contributed by atoms with Crippen molar-refractivity contribution in [2.24, 2.45) is 0 Å². The number of nitrogens with zero attached hydrogens (tertiary/aromatic N) is 3. The number of likely N-dealkylation sites (tertiary alicyclic amines) is 1. The summed E-state index contributed by atoms with van der Waals surface area (Å²) in [5.74, 6) is -0.914. The Hall–Kier alpha value is -2.26. The van der Waals surface area contributed by atoms with E-state index >= 15 is 0 Å². The van der Waals surface area contributed by atoms with Gasteiger partial charge >= 0.3 is 18.2 Å². The summed E-state index contributed by atoms with van der Waals surface area (Å²) in [4.78, 5) is 23.9. The molecular formula is C14H19F3N4O3. The van der Waals surface area contributed by atoms with Gasteiger partial charge in [0, 0.05) is 32.3 Å². The number of carbonyl (C=O) groups is 2. The molecule has 7 nitrogen and oxygen atoms in total. The van der Waals surface area contributed by atoms with Gasteiger partial charge in [-0.3, -0.25) is 9.48 Å². The molecule has 134 valence electrons. The van der Waals surface area contributed by atoms with Crippen LogP contribution in [-0.2, 0) is 11.0 Å². The van der Waals surface area contributed by atoms with E-state index in [9.17, 15) is 22.8 Å². The molecule has 1 aliphatic rings. The molecule has 1 aromatic heterocycles. The molecule has 0 aromatic carbocycles. The number of nitrogens with one attached hydrogen (secondary N) is 1. The summed E-state index contributed by atoms with van der Waals surface area (Å²) < 4.78 is 39.0. The minimum atomic E-state index is -4.46. The second-order valence-electron chi connectivity index (χ2n) is 5.63.